The summed E-state index contributed by atoms with van der Waals surface area (Å²) in [4.78, 5) is 14.3. The van der Waals surface area contributed by atoms with Crippen LogP contribution in [0.5, 0.6) is 0 Å². The molecule has 1 saturated heterocycles. The second-order valence-electron chi connectivity index (χ2n) is 8.59. The molecule has 2 N–H and O–H groups in total. The van der Waals surface area contributed by atoms with Crippen molar-refractivity contribution in [2.24, 2.45) is 5.92 Å². The fourth-order valence-electron chi connectivity index (χ4n) is 4.34. The second-order valence-corrected chi connectivity index (χ2v) is 10.6. The van der Waals surface area contributed by atoms with Gasteiger partial charge in [-0.05, 0) is 37.2 Å². The van der Waals surface area contributed by atoms with E-state index in [4.69, 9.17) is 15.5 Å². The summed E-state index contributed by atoms with van der Waals surface area (Å²) in [5.74, 6) is 3.44. The minimum absolute atomic E-state index is 0.496. The number of rotatable bonds is 6. The first-order chi connectivity index (χ1) is 15.1. The first-order valence-electron chi connectivity index (χ1n) is 11.1. The van der Waals surface area contributed by atoms with Gasteiger partial charge in [0, 0.05) is 24.5 Å². The van der Waals surface area contributed by atoms with E-state index in [1.54, 1.807) is 23.1 Å². The Labute approximate surface area is 190 Å². The normalized spacial score (nSPS) is 16.9. The fraction of sp³-hybridized carbons (Fsp3) is 0.619. The van der Waals surface area contributed by atoms with Crippen LogP contribution in [0.15, 0.2) is 5.16 Å². The number of anilines is 2. The molecular weight excluding hydrogens is 430 g/mol. The molecule has 8 nitrogen and oxygen atoms in total. The third-order valence-electron chi connectivity index (χ3n) is 5.76. The Morgan fingerprint density at radius 2 is 1.94 bits per heavy atom. The number of aromatic nitrogens is 5. The third-order valence-corrected chi connectivity index (χ3v) is 7.91. The number of thiophene rings is 1. The standard InChI is InChI=1S/C21H29N7OS2/c1-13(2)11-28-20(27-7-9-29-10-8-27)25-26-21(28)30-12-16-23-18(22)17-14-5-3-4-6-15(14)31-19(17)24-16/h13H,3-12H2,1-2H3,(H2,22,23,24). The lowest BCUT2D eigenvalue weighted by Gasteiger charge is -2.28. The Morgan fingerprint density at radius 1 is 1.13 bits per heavy atom. The molecule has 31 heavy (non-hydrogen) atoms. The first kappa shape index (κ1) is 21.0. The molecule has 1 fully saturated rings. The highest BCUT2D eigenvalue weighted by Gasteiger charge is 2.23. The molecule has 0 spiro atoms. The molecule has 0 bridgehead atoms. The SMILES string of the molecule is CC(C)Cn1c(SCc2nc(N)c3c4c(sc3n2)CCCC4)nnc1N1CCOCC1. The molecule has 1 aliphatic heterocycles. The molecule has 0 radical (unpaired) electrons. The van der Waals surface area contributed by atoms with E-state index in [0.717, 1.165) is 72.8 Å². The maximum Gasteiger partial charge on any atom is 0.228 e. The summed E-state index contributed by atoms with van der Waals surface area (Å²) in [7, 11) is 0. The van der Waals surface area contributed by atoms with Gasteiger partial charge < -0.3 is 15.4 Å². The number of nitrogens with zero attached hydrogens (tertiary/aromatic N) is 6. The minimum atomic E-state index is 0.496. The molecule has 10 heteroatoms. The van der Waals surface area contributed by atoms with Crippen LogP contribution in [0, 0.1) is 5.92 Å². The predicted octanol–water partition coefficient (Wildman–Crippen LogP) is 3.53. The van der Waals surface area contributed by atoms with Gasteiger partial charge in [-0.3, -0.25) is 4.57 Å². The number of aryl methyl sites for hydroxylation is 2. The number of nitrogens with two attached hydrogens (primary N) is 1. The lowest BCUT2D eigenvalue weighted by atomic mass is 9.97. The number of hydrogen-bond donors (Lipinski definition) is 1. The lowest BCUT2D eigenvalue weighted by Crippen LogP contribution is -2.38. The molecule has 3 aromatic rings. The summed E-state index contributed by atoms with van der Waals surface area (Å²) in [6.07, 6.45) is 4.72. The zero-order chi connectivity index (χ0) is 21.4. The smallest absolute Gasteiger partial charge is 0.228 e. The van der Waals surface area contributed by atoms with Crippen LogP contribution in [-0.4, -0.2) is 51.0 Å². The van der Waals surface area contributed by atoms with Gasteiger partial charge in [0.05, 0.1) is 24.4 Å². The molecule has 2 aliphatic rings. The fourth-order valence-corrected chi connectivity index (χ4v) is 6.42. The largest absolute Gasteiger partial charge is 0.383 e. The number of hydrogen-bond acceptors (Lipinski definition) is 9. The van der Waals surface area contributed by atoms with Crippen molar-refractivity contribution in [3.63, 3.8) is 0 Å². The summed E-state index contributed by atoms with van der Waals surface area (Å²) in [6.45, 7) is 8.47. The molecule has 4 heterocycles. The number of ether oxygens (including phenoxy) is 1. The van der Waals surface area contributed by atoms with E-state index in [2.05, 4.69) is 38.5 Å². The van der Waals surface area contributed by atoms with Crippen molar-refractivity contribution in [1.29, 1.82) is 0 Å². The van der Waals surface area contributed by atoms with Gasteiger partial charge in [0.25, 0.3) is 0 Å². The topological polar surface area (TPSA) is 95.0 Å². The minimum Gasteiger partial charge on any atom is -0.383 e. The van der Waals surface area contributed by atoms with Crippen LogP contribution in [0.2, 0.25) is 0 Å². The van der Waals surface area contributed by atoms with Gasteiger partial charge in [0.2, 0.25) is 5.95 Å². The molecular formula is C21H29N7OS2. The number of morpholine rings is 1. The van der Waals surface area contributed by atoms with Crippen LogP contribution in [0.4, 0.5) is 11.8 Å². The van der Waals surface area contributed by atoms with Gasteiger partial charge in [-0.15, -0.1) is 21.5 Å². The Kier molecular flexibility index (Phi) is 6.03. The summed E-state index contributed by atoms with van der Waals surface area (Å²) >= 11 is 3.43. The van der Waals surface area contributed by atoms with Gasteiger partial charge >= 0.3 is 0 Å². The van der Waals surface area contributed by atoms with Gasteiger partial charge in [0.1, 0.15) is 16.5 Å². The van der Waals surface area contributed by atoms with E-state index in [1.807, 2.05) is 0 Å². The molecule has 0 amide bonds. The number of nitrogen functional groups attached to an aromatic ring is 1. The quantitative estimate of drug-likeness (QED) is 0.560. The summed E-state index contributed by atoms with van der Waals surface area (Å²) < 4.78 is 7.73. The van der Waals surface area contributed by atoms with Crippen LogP contribution in [0.25, 0.3) is 10.2 Å². The Bertz CT molecular complexity index is 1070. The monoisotopic (exact) mass is 459 g/mol. The molecule has 0 saturated carbocycles. The molecule has 5 rings (SSSR count). The lowest BCUT2D eigenvalue weighted by molar-refractivity contribution is 0.121. The number of fused-ring (bicyclic) bond motifs is 3. The van der Waals surface area contributed by atoms with Crippen LogP contribution in [0.1, 0.15) is 43.0 Å². The van der Waals surface area contributed by atoms with Crippen LogP contribution < -0.4 is 10.6 Å². The van der Waals surface area contributed by atoms with Crippen molar-refractivity contribution >= 4 is 45.1 Å². The van der Waals surface area contributed by atoms with E-state index >= 15 is 0 Å². The van der Waals surface area contributed by atoms with Gasteiger partial charge in [0.15, 0.2) is 5.16 Å². The predicted molar refractivity (Wildman–Crippen MR) is 126 cm³/mol. The van der Waals surface area contributed by atoms with Crippen molar-refractivity contribution in [3.05, 3.63) is 16.3 Å². The highest BCUT2D eigenvalue weighted by molar-refractivity contribution is 7.98. The average molecular weight is 460 g/mol. The highest BCUT2D eigenvalue weighted by atomic mass is 32.2. The molecule has 0 aromatic carbocycles. The maximum absolute atomic E-state index is 6.39. The van der Waals surface area contributed by atoms with Crippen molar-refractivity contribution in [2.75, 3.05) is 36.9 Å². The van der Waals surface area contributed by atoms with Gasteiger partial charge in [-0.2, -0.15) is 0 Å². The van der Waals surface area contributed by atoms with E-state index < -0.39 is 0 Å². The zero-order valence-electron chi connectivity index (χ0n) is 18.1. The van der Waals surface area contributed by atoms with Gasteiger partial charge in [-0.25, -0.2) is 9.97 Å². The summed E-state index contributed by atoms with van der Waals surface area (Å²) in [5.41, 5.74) is 7.77. The van der Waals surface area contributed by atoms with E-state index in [0.29, 0.717) is 17.5 Å². The molecule has 1 aliphatic carbocycles. The molecule has 166 valence electrons. The van der Waals surface area contributed by atoms with Crippen molar-refractivity contribution in [2.45, 2.75) is 57.0 Å². The first-order valence-corrected chi connectivity index (χ1v) is 12.9. The summed E-state index contributed by atoms with van der Waals surface area (Å²) in [6, 6.07) is 0. The number of thioether (sulfide) groups is 1. The van der Waals surface area contributed by atoms with Crippen molar-refractivity contribution in [3.8, 4) is 0 Å². The Balaban J connectivity index is 1.39. The molecule has 0 atom stereocenters. The Hall–Kier alpha value is -1.91. The molecule has 0 unspecified atom stereocenters. The third kappa shape index (κ3) is 4.25. The van der Waals surface area contributed by atoms with Crippen LogP contribution in [-0.2, 0) is 29.9 Å². The van der Waals surface area contributed by atoms with Crippen LogP contribution in [0.3, 0.4) is 0 Å². The van der Waals surface area contributed by atoms with E-state index in [1.165, 1.54) is 23.3 Å². The van der Waals surface area contributed by atoms with Crippen LogP contribution >= 0.6 is 23.1 Å². The highest BCUT2D eigenvalue weighted by Crippen LogP contribution is 2.38. The molecule has 3 aromatic heterocycles. The van der Waals surface area contributed by atoms with Crippen molar-refractivity contribution in [1.82, 2.24) is 24.7 Å². The van der Waals surface area contributed by atoms with E-state index in [-0.39, 0.29) is 0 Å². The second kappa shape index (κ2) is 8.91. The zero-order valence-corrected chi connectivity index (χ0v) is 19.8. The van der Waals surface area contributed by atoms with Crippen molar-refractivity contribution < 1.29 is 4.74 Å². The van der Waals surface area contributed by atoms with E-state index in [9.17, 15) is 0 Å². The van der Waals surface area contributed by atoms with Gasteiger partial charge in [-0.1, -0.05) is 25.6 Å². The summed E-state index contributed by atoms with van der Waals surface area (Å²) in [5, 5.41) is 11.0. The average Bonchev–Trinajstić information content (AvgIpc) is 3.33. The maximum atomic E-state index is 6.39. The Morgan fingerprint density at radius 3 is 2.74 bits per heavy atom.